The second-order valence-electron chi connectivity index (χ2n) is 5.08. The first kappa shape index (κ1) is 14.1. The molecule has 1 heterocycles. The van der Waals surface area contributed by atoms with Crippen molar-refractivity contribution in [3.05, 3.63) is 72.7 Å². The van der Waals surface area contributed by atoms with Gasteiger partial charge in [0.1, 0.15) is 0 Å². The molecule has 0 saturated carbocycles. The highest BCUT2D eigenvalue weighted by Gasteiger charge is 2.04. The molecule has 4 nitrogen and oxygen atoms in total. The molecule has 1 amide bonds. The Kier molecular flexibility index (Phi) is 4.30. The van der Waals surface area contributed by atoms with E-state index in [9.17, 15) is 4.79 Å². The zero-order valence-electron chi connectivity index (χ0n) is 12.1. The molecule has 0 atom stereocenters. The number of imidazole rings is 1. The number of benzene rings is 2. The van der Waals surface area contributed by atoms with E-state index in [1.807, 2.05) is 54.6 Å². The summed E-state index contributed by atoms with van der Waals surface area (Å²) < 4.78 is 0. The third kappa shape index (κ3) is 3.61. The number of hydrogen-bond donors (Lipinski definition) is 2. The second-order valence-corrected chi connectivity index (χ2v) is 5.08. The van der Waals surface area contributed by atoms with Crippen LogP contribution in [-0.2, 0) is 11.2 Å². The van der Waals surface area contributed by atoms with Crippen molar-refractivity contribution in [2.75, 3.05) is 5.32 Å². The average molecular weight is 291 g/mol. The molecule has 0 saturated heterocycles. The van der Waals surface area contributed by atoms with Gasteiger partial charge in [-0.3, -0.25) is 4.79 Å². The van der Waals surface area contributed by atoms with E-state index in [0.29, 0.717) is 6.42 Å². The lowest BCUT2D eigenvalue weighted by atomic mass is 10.1. The molecule has 22 heavy (non-hydrogen) atoms. The number of nitrogens with one attached hydrogen (secondary N) is 2. The van der Waals surface area contributed by atoms with Gasteiger partial charge in [-0.05, 0) is 29.7 Å². The quantitative estimate of drug-likeness (QED) is 0.754. The number of amides is 1. The Hall–Kier alpha value is -2.88. The molecule has 0 radical (unpaired) electrons. The van der Waals surface area contributed by atoms with Gasteiger partial charge in [-0.1, -0.05) is 42.5 Å². The van der Waals surface area contributed by atoms with Crippen molar-refractivity contribution in [3.63, 3.8) is 0 Å². The highest BCUT2D eigenvalue weighted by Crippen LogP contribution is 2.18. The molecule has 2 aromatic carbocycles. The number of anilines is 1. The maximum atomic E-state index is 12.0. The molecule has 4 heteroatoms. The summed E-state index contributed by atoms with van der Waals surface area (Å²) in [6.45, 7) is 0. The van der Waals surface area contributed by atoms with Gasteiger partial charge in [0, 0.05) is 12.1 Å². The summed E-state index contributed by atoms with van der Waals surface area (Å²) in [7, 11) is 0. The van der Waals surface area contributed by atoms with Gasteiger partial charge in [0.05, 0.1) is 18.2 Å². The van der Waals surface area contributed by atoms with Crippen molar-refractivity contribution in [2.24, 2.45) is 0 Å². The average Bonchev–Trinajstić information content (AvgIpc) is 3.09. The molecule has 3 rings (SSSR count). The van der Waals surface area contributed by atoms with Crippen LogP contribution in [-0.4, -0.2) is 15.9 Å². The third-order valence-electron chi connectivity index (χ3n) is 3.46. The number of aryl methyl sites for hydroxylation is 1. The van der Waals surface area contributed by atoms with Crippen LogP contribution in [0.1, 0.15) is 12.0 Å². The molecule has 1 aromatic heterocycles. The van der Waals surface area contributed by atoms with Crippen molar-refractivity contribution in [3.8, 4) is 11.3 Å². The van der Waals surface area contributed by atoms with E-state index in [2.05, 4.69) is 15.3 Å². The van der Waals surface area contributed by atoms with Gasteiger partial charge in [-0.15, -0.1) is 0 Å². The summed E-state index contributed by atoms with van der Waals surface area (Å²) in [5.74, 6) is 0.0261. The largest absolute Gasteiger partial charge is 0.345 e. The molecule has 0 fully saturated rings. The summed E-state index contributed by atoms with van der Waals surface area (Å²) in [5.41, 5.74) is 3.98. The zero-order valence-corrected chi connectivity index (χ0v) is 12.1. The first-order valence-electron chi connectivity index (χ1n) is 7.24. The number of carbonyl (C=O) groups excluding carboxylic acids is 1. The fourth-order valence-corrected chi connectivity index (χ4v) is 2.27. The van der Waals surface area contributed by atoms with Crippen LogP contribution < -0.4 is 5.32 Å². The maximum absolute atomic E-state index is 12.0. The van der Waals surface area contributed by atoms with Crippen molar-refractivity contribution >= 4 is 11.6 Å². The smallest absolute Gasteiger partial charge is 0.224 e. The Balaban J connectivity index is 1.55. The summed E-state index contributed by atoms with van der Waals surface area (Å²) in [6.07, 6.45) is 4.65. The molecule has 2 N–H and O–H groups in total. The van der Waals surface area contributed by atoms with E-state index in [1.165, 1.54) is 5.56 Å². The number of aromatic nitrogens is 2. The van der Waals surface area contributed by atoms with Crippen LogP contribution in [0.4, 0.5) is 5.69 Å². The van der Waals surface area contributed by atoms with E-state index in [4.69, 9.17) is 0 Å². The SMILES string of the molecule is O=C(CCc1ccccc1)Nc1ccc(-c2cnc[nH]2)cc1. The number of hydrogen-bond acceptors (Lipinski definition) is 2. The van der Waals surface area contributed by atoms with Crippen LogP contribution in [0, 0.1) is 0 Å². The van der Waals surface area contributed by atoms with Crippen molar-refractivity contribution in [1.29, 1.82) is 0 Å². The monoisotopic (exact) mass is 291 g/mol. The number of nitrogens with zero attached hydrogens (tertiary/aromatic N) is 1. The predicted octanol–water partition coefficient (Wildman–Crippen LogP) is 3.65. The lowest BCUT2D eigenvalue weighted by Crippen LogP contribution is -2.12. The molecule has 0 aliphatic carbocycles. The topological polar surface area (TPSA) is 57.8 Å². The van der Waals surface area contributed by atoms with Gasteiger partial charge in [-0.25, -0.2) is 4.98 Å². The van der Waals surface area contributed by atoms with Crippen molar-refractivity contribution in [2.45, 2.75) is 12.8 Å². The number of H-pyrrole nitrogens is 1. The van der Waals surface area contributed by atoms with Crippen molar-refractivity contribution in [1.82, 2.24) is 9.97 Å². The fraction of sp³-hybridized carbons (Fsp3) is 0.111. The molecule has 0 bridgehead atoms. The summed E-state index contributed by atoms with van der Waals surface area (Å²) in [5, 5.41) is 2.92. The van der Waals surface area contributed by atoms with Crippen LogP contribution in [0.3, 0.4) is 0 Å². The Labute approximate surface area is 129 Å². The minimum absolute atomic E-state index is 0.0261. The Bertz CT molecular complexity index is 719. The molecule has 0 spiro atoms. The molecule has 0 unspecified atom stereocenters. The standard InChI is InChI=1S/C18H17N3O/c22-18(11-6-14-4-2-1-3-5-14)21-16-9-7-15(8-10-16)17-12-19-13-20-17/h1-5,7-10,12-13H,6,11H2,(H,19,20)(H,21,22). The normalized spacial score (nSPS) is 10.4. The van der Waals surface area contributed by atoms with Gasteiger partial charge in [0.15, 0.2) is 0 Å². The second kappa shape index (κ2) is 6.72. The van der Waals surface area contributed by atoms with Gasteiger partial charge in [0.25, 0.3) is 0 Å². The van der Waals surface area contributed by atoms with Gasteiger partial charge < -0.3 is 10.3 Å². The molecule has 0 aliphatic heterocycles. The number of rotatable bonds is 5. The van der Waals surface area contributed by atoms with E-state index < -0.39 is 0 Å². The fourth-order valence-electron chi connectivity index (χ4n) is 2.27. The van der Waals surface area contributed by atoms with E-state index >= 15 is 0 Å². The first-order chi connectivity index (χ1) is 10.8. The van der Waals surface area contributed by atoms with Gasteiger partial charge >= 0.3 is 0 Å². The number of carbonyl (C=O) groups is 1. The summed E-state index contributed by atoms with van der Waals surface area (Å²) in [4.78, 5) is 19.0. The predicted molar refractivity (Wildman–Crippen MR) is 87.4 cm³/mol. The van der Waals surface area contributed by atoms with Crippen LogP contribution >= 0.6 is 0 Å². The highest BCUT2D eigenvalue weighted by molar-refractivity contribution is 5.91. The minimum atomic E-state index is 0.0261. The molecule has 0 aliphatic rings. The minimum Gasteiger partial charge on any atom is -0.345 e. The van der Waals surface area contributed by atoms with Crippen molar-refractivity contribution < 1.29 is 4.79 Å². The third-order valence-corrected chi connectivity index (χ3v) is 3.46. The lowest BCUT2D eigenvalue weighted by Gasteiger charge is -2.06. The van der Waals surface area contributed by atoms with Gasteiger partial charge in [-0.2, -0.15) is 0 Å². The van der Waals surface area contributed by atoms with Crippen LogP contribution in [0.5, 0.6) is 0 Å². The molecule has 3 aromatic rings. The summed E-state index contributed by atoms with van der Waals surface area (Å²) in [6, 6.07) is 17.7. The van der Waals surface area contributed by atoms with E-state index in [1.54, 1.807) is 12.5 Å². The number of aromatic amines is 1. The van der Waals surface area contributed by atoms with Crippen LogP contribution in [0.15, 0.2) is 67.1 Å². The summed E-state index contributed by atoms with van der Waals surface area (Å²) >= 11 is 0. The van der Waals surface area contributed by atoms with E-state index in [0.717, 1.165) is 23.4 Å². The van der Waals surface area contributed by atoms with Crippen LogP contribution in [0.2, 0.25) is 0 Å². The zero-order chi connectivity index (χ0) is 15.2. The van der Waals surface area contributed by atoms with E-state index in [-0.39, 0.29) is 5.91 Å². The first-order valence-corrected chi connectivity index (χ1v) is 7.24. The molecular weight excluding hydrogens is 274 g/mol. The Morgan fingerprint density at radius 1 is 1.05 bits per heavy atom. The Morgan fingerprint density at radius 2 is 1.82 bits per heavy atom. The van der Waals surface area contributed by atoms with Crippen LogP contribution in [0.25, 0.3) is 11.3 Å². The lowest BCUT2D eigenvalue weighted by molar-refractivity contribution is -0.116. The molecular formula is C18H17N3O. The Morgan fingerprint density at radius 3 is 2.50 bits per heavy atom. The van der Waals surface area contributed by atoms with Gasteiger partial charge in [0.2, 0.25) is 5.91 Å². The molecule has 110 valence electrons. The maximum Gasteiger partial charge on any atom is 0.224 e. The highest BCUT2D eigenvalue weighted by atomic mass is 16.1.